The van der Waals surface area contributed by atoms with E-state index in [-0.39, 0.29) is 17.1 Å². The Labute approximate surface area is 214 Å². The largest absolute Gasteiger partial charge is 0.489 e. The molecule has 36 heavy (non-hydrogen) atoms. The van der Waals surface area contributed by atoms with Crippen LogP contribution >= 0.6 is 11.6 Å². The third kappa shape index (κ3) is 4.50. The molecule has 5 rings (SSSR count). The normalized spacial score (nSPS) is 15.1. The summed E-state index contributed by atoms with van der Waals surface area (Å²) in [5.41, 5.74) is 3.16. The lowest BCUT2D eigenvalue weighted by atomic mass is 9.98. The molecule has 6 nitrogen and oxygen atoms in total. The van der Waals surface area contributed by atoms with Gasteiger partial charge in [-0.05, 0) is 62.0 Å². The second-order valence-corrected chi connectivity index (χ2v) is 9.73. The topological polar surface area (TPSA) is 63.0 Å². The van der Waals surface area contributed by atoms with Gasteiger partial charge >= 0.3 is 0 Å². The van der Waals surface area contributed by atoms with Crippen molar-refractivity contribution in [2.45, 2.75) is 19.6 Å². The summed E-state index contributed by atoms with van der Waals surface area (Å²) in [4.78, 5) is 30.9. The molecule has 1 amide bonds. The molecule has 0 saturated heterocycles. The summed E-state index contributed by atoms with van der Waals surface area (Å²) in [7, 11) is 3.90. The van der Waals surface area contributed by atoms with E-state index in [1.165, 1.54) is 0 Å². The van der Waals surface area contributed by atoms with Gasteiger partial charge in [0.25, 0.3) is 5.91 Å². The van der Waals surface area contributed by atoms with Crippen LogP contribution in [0.3, 0.4) is 0 Å². The van der Waals surface area contributed by atoms with Gasteiger partial charge in [-0.25, -0.2) is 0 Å². The Morgan fingerprint density at radius 1 is 1.03 bits per heavy atom. The van der Waals surface area contributed by atoms with Crippen molar-refractivity contribution in [3.63, 3.8) is 0 Å². The molecule has 0 bridgehead atoms. The number of halogens is 1. The van der Waals surface area contributed by atoms with Crippen molar-refractivity contribution in [1.29, 1.82) is 0 Å². The first-order chi connectivity index (χ1) is 17.3. The fraction of sp³-hybridized carbons (Fsp3) is 0.241. The van der Waals surface area contributed by atoms with Crippen LogP contribution in [0.25, 0.3) is 11.0 Å². The van der Waals surface area contributed by atoms with Crippen molar-refractivity contribution in [2.75, 3.05) is 27.2 Å². The Morgan fingerprint density at radius 3 is 2.44 bits per heavy atom. The molecule has 0 N–H and O–H groups in total. The molecule has 0 radical (unpaired) electrons. The Morgan fingerprint density at radius 2 is 1.75 bits per heavy atom. The number of ether oxygens (including phenoxy) is 1. The van der Waals surface area contributed by atoms with Crippen molar-refractivity contribution < 1.29 is 13.9 Å². The average molecular weight is 503 g/mol. The van der Waals surface area contributed by atoms with Gasteiger partial charge in [-0.15, -0.1) is 0 Å². The zero-order valence-electron chi connectivity index (χ0n) is 20.5. The number of carbonyl (C=O) groups is 1. The van der Waals surface area contributed by atoms with E-state index in [9.17, 15) is 9.59 Å². The van der Waals surface area contributed by atoms with Crippen LogP contribution in [-0.2, 0) is 6.61 Å². The Bertz CT molecular complexity index is 1480. The molecule has 4 aromatic rings. The summed E-state index contributed by atoms with van der Waals surface area (Å²) in [5, 5.41) is 0.861. The van der Waals surface area contributed by atoms with E-state index >= 15 is 0 Å². The molecule has 0 saturated carbocycles. The van der Waals surface area contributed by atoms with Gasteiger partial charge in [0.2, 0.25) is 5.76 Å². The van der Waals surface area contributed by atoms with Crippen LogP contribution in [0.5, 0.6) is 5.75 Å². The van der Waals surface area contributed by atoms with Gasteiger partial charge in [-0.3, -0.25) is 9.59 Å². The van der Waals surface area contributed by atoms with Gasteiger partial charge in [0.15, 0.2) is 5.43 Å². The van der Waals surface area contributed by atoms with Gasteiger partial charge in [0, 0.05) is 18.1 Å². The summed E-state index contributed by atoms with van der Waals surface area (Å²) in [5.74, 6) is 0.523. The summed E-state index contributed by atoms with van der Waals surface area (Å²) in [6, 6.07) is 20.3. The number of nitrogens with zero attached hydrogens (tertiary/aromatic N) is 2. The van der Waals surface area contributed by atoms with E-state index in [2.05, 4.69) is 0 Å². The number of hydrogen-bond acceptors (Lipinski definition) is 5. The number of fused-ring (bicyclic) bond motifs is 2. The molecule has 7 heteroatoms. The minimum Gasteiger partial charge on any atom is -0.489 e. The first kappa shape index (κ1) is 24.1. The van der Waals surface area contributed by atoms with Crippen molar-refractivity contribution >= 4 is 28.5 Å². The van der Waals surface area contributed by atoms with Crippen molar-refractivity contribution in [3.8, 4) is 5.75 Å². The highest BCUT2D eigenvalue weighted by Gasteiger charge is 2.42. The molecule has 1 aliphatic heterocycles. The average Bonchev–Trinajstić information content (AvgIpc) is 3.15. The molecule has 0 spiro atoms. The maximum atomic E-state index is 13.7. The number of amides is 1. The van der Waals surface area contributed by atoms with Crippen LogP contribution < -0.4 is 10.2 Å². The maximum absolute atomic E-state index is 13.7. The molecular formula is C29H27ClN2O4. The van der Waals surface area contributed by atoms with E-state index < -0.39 is 6.04 Å². The smallest absolute Gasteiger partial charge is 0.290 e. The summed E-state index contributed by atoms with van der Waals surface area (Å²) in [6.45, 7) is 3.38. The Balaban J connectivity index is 1.54. The van der Waals surface area contributed by atoms with Crippen molar-refractivity contribution in [3.05, 3.63) is 110 Å². The minimum atomic E-state index is -0.559. The van der Waals surface area contributed by atoms with Gasteiger partial charge in [0.1, 0.15) is 17.9 Å². The fourth-order valence-corrected chi connectivity index (χ4v) is 4.68. The van der Waals surface area contributed by atoms with Crippen LogP contribution in [0.2, 0.25) is 5.02 Å². The Kier molecular flexibility index (Phi) is 6.56. The second-order valence-electron chi connectivity index (χ2n) is 9.32. The van der Waals surface area contributed by atoms with Crippen molar-refractivity contribution in [1.82, 2.24) is 9.80 Å². The number of carbonyl (C=O) groups excluding carboxylic acids is 1. The van der Waals surface area contributed by atoms with Gasteiger partial charge in [0.05, 0.1) is 17.0 Å². The molecule has 0 fully saturated rings. The van der Waals surface area contributed by atoms with Crippen LogP contribution in [0.15, 0.2) is 75.9 Å². The number of rotatable bonds is 7. The second kappa shape index (κ2) is 9.80. The fourth-order valence-electron chi connectivity index (χ4n) is 4.51. The first-order valence-electron chi connectivity index (χ1n) is 11.8. The van der Waals surface area contributed by atoms with E-state index in [4.69, 9.17) is 20.8 Å². The van der Waals surface area contributed by atoms with Crippen LogP contribution in [0.4, 0.5) is 0 Å². The molecule has 1 unspecified atom stereocenters. The molecule has 1 aromatic heterocycles. The number of likely N-dealkylation sites (N-methyl/N-ethyl adjacent to an activating group) is 1. The highest BCUT2D eigenvalue weighted by Crippen LogP contribution is 2.39. The van der Waals surface area contributed by atoms with Gasteiger partial charge in [-0.2, -0.15) is 0 Å². The first-order valence-corrected chi connectivity index (χ1v) is 12.2. The van der Waals surface area contributed by atoms with Crippen LogP contribution in [0.1, 0.15) is 38.9 Å². The predicted molar refractivity (Wildman–Crippen MR) is 141 cm³/mol. The molecule has 3 aromatic carbocycles. The zero-order valence-corrected chi connectivity index (χ0v) is 21.2. The minimum absolute atomic E-state index is 0.0994. The Hall–Kier alpha value is -3.61. The maximum Gasteiger partial charge on any atom is 0.290 e. The zero-order chi connectivity index (χ0) is 25.4. The molecule has 1 aliphatic rings. The number of aryl methyl sites for hydroxylation is 1. The molecular weight excluding hydrogens is 476 g/mol. The van der Waals surface area contributed by atoms with Crippen molar-refractivity contribution in [2.24, 2.45) is 0 Å². The molecule has 2 heterocycles. The summed E-state index contributed by atoms with van der Waals surface area (Å²) >= 11 is 6.32. The number of benzene rings is 3. The monoisotopic (exact) mass is 502 g/mol. The molecule has 184 valence electrons. The third-order valence-electron chi connectivity index (χ3n) is 6.48. The SMILES string of the molecule is Cc1cc2oc3c(c(=O)c2cc1Cl)C(c1ccc(OCc2ccccc2)cc1)N(CCN(C)C)C3=O. The predicted octanol–water partition coefficient (Wildman–Crippen LogP) is 5.44. The number of hydrogen-bond donors (Lipinski definition) is 0. The lowest BCUT2D eigenvalue weighted by Gasteiger charge is -2.26. The van der Waals surface area contributed by atoms with Crippen LogP contribution in [0, 0.1) is 6.92 Å². The highest BCUT2D eigenvalue weighted by atomic mass is 35.5. The third-order valence-corrected chi connectivity index (χ3v) is 6.89. The molecule has 0 aliphatic carbocycles. The van der Waals surface area contributed by atoms with Gasteiger partial charge in [-0.1, -0.05) is 54.1 Å². The van der Waals surface area contributed by atoms with Gasteiger partial charge < -0.3 is 19.0 Å². The standard InChI is InChI=1S/C29H27ClN2O4/c1-18-15-24-22(16-23(18)30)27(33)25-26(32(14-13-31(2)3)29(34)28(25)36-24)20-9-11-21(12-10-20)35-17-19-7-5-4-6-8-19/h4-12,15-16,26H,13-14,17H2,1-3H3. The van der Waals surface area contributed by atoms with E-state index in [0.29, 0.717) is 47.0 Å². The van der Waals surface area contributed by atoms with E-state index in [1.807, 2.05) is 80.5 Å². The quantitative estimate of drug-likeness (QED) is 0.337. The molecule has 1 atom stereocenters. The van der Waals surface area contributed by atoms with E-state index in [0.717, 1.165) is 16.7 Å². The lowest BCUT2D eigenvalue weighted by molar-refractivity contribution is 0.0716. The lowest BCUT2D eigenvalue weighted by Crippen LogP contribution is -2.35. The highest BCUT2D eigenvalue weighted by molar-refractivity contribution is 6.32. The summed E-state index contributed by atoms with van der Waals surface area (Å²) < 4.78 is 12.0. The van der Waals surface area contributed by atoms with E-state index in [1.54, 1.807) is 17.0 Å². The van der Waals surface area contributed by atoms with Crippen LogP contribution in [-0.4, -0.2) is 42.9 Å². The summed E-state index contributed by atoms with van der Waals surface area (Å²) in [6.07, 6.45) is 0.